The molecular weight excluding hydrogens is 279 g/mol. The van der Waals surface area contributed by atoms with Crippen LogP contribution < -0.4 is 5.73 Å². The molecule has 1 aliphatic carbocycles. The average molecular weight is 297 g/mol. The molecule has 0 unspecified atom stereocenters. The van der Waals surface area contributed by atoms with Crippen molar-refractivity contribution in [3.05, 3.63) is 35.4 Å². The Labute approximate surface area is 121 Å². The first-order chi connectivity index (χ1) is 9.93. The molecule has 1 aliphatic heterocycles. The fraction of sp³-hybridized carbons (Fsp3) is 0.533. The molecule has 2 N–H and O–H groups in total. The number of aliphatic imine (C=N–C) groups is 1. The lowest BCUT2D eigenvalue weighted by atomic mass is 9.76. The van der Waals surface area contributed by atoms with E-state index in [1.807, 2.05) is 4.90 Å². The molecule has 0 aromatic heterocycles. The zero-order chi connectivity index (χ0) is 15.0. The van der Waals surface area contributed by atoms with Crippen LogP contribution in [0.1, 0.15) is 36.3 Å². The van der Waals surface area contributed by atoms with E-state index in [0.717, 1.165) is 50.0 Å². The fourth-order valence-corrected chi connectivity index (χ4v) is 2.72. The van der Waals surface area contributed by atoms with Gasteiger partial charge in [0, 0.05) is 13.1 Å². The molecule has 1 heterocycles. The molecule has 0 amide bonds. The first-order valence-corrected chi connectivity index (χ1v) is 7.19. The van der Waals surface area contributed by atoms with E-state index < -0.39 is 11.7 Å². The van der Waals surface area contributed by atoms with Crippen LogP contribution >= 0.6 is 0 Å². The van der Waals surface area contributed by atoms with Crippen LogP contribution in [0.25, 0.3) is 0 Å². The normalized spacial score (nSPS) is 26.2. The van der Waals surface area contributed by atoms with Crippen LogP contribution in [-0.2, 0) is 6.18 Å². The second kappa shape index (κ2) is 5.24. The highest BCUT2D eigenvalue weighted by Crippen LogP contribution is 2.40. The lowest BCUT2D eigenvalue weighted by Crippen LogP contribution is -2.47. The van der Waals surface area contributed by atoms with Gasteiger partial charge >= 0.3 is 6.18 Å². The Kier molecular flexibility index (Phi) is 3.55. The Hall–Kier alpha value is -1.72. The van der Waals surface area contributed by atoms with Crippen LogP contribution in [0, 0.1) is 0 Å². The van der Waals surface area contributed by atoms with Crippen molar-refractivity contribution < 1.29 is 13.2 Å². The second-order valence-electron chi connectivity index (χ2n) is 5.77. The van der Waals surface area contributed by atoms with E-state index in [1.165, 1.54) is 0 Å². The molecule has 0 atom stereocenters. The zero-order valence-electron chi connectivity index (χ0n) is 11.6. The number of nitrogens with two attached hydrogens (primary N) is 1. The maximum atomic E-state index is 12.5. The Bertz CT molecular complexity index is 526. The molecule has 1 saturated carbocycles. The quantitative estimate of drug-likeness (QED) is 0.673. The van der Waals surface area contributed by atoms with Crippen LogP contribution in [0.3, 0.4) is 0 Å². The summed E-state index contributed by atoms with van der Waals surface area (Å²) in [6.45, 7) is 1.95. The van der Waals surface area contributed by atoms with Gasteiger partial charge in [0.05, 0.1) is 11.6 Å². The molecule has 21 heavy (non-hydrogen) atoms. The SMILES string of the molecule is NC(=NC1CC(c2ccc(C(F)(F)F)cc2)C1)N1CCC1. The van der Waals surface area contributed by atoms with Gasteiger partial charge in [0.25, 0.3) is 0 Å². The summed E-state index contributed by atoms with van der Waals surface area (Å²) in [4.78, 5) is 6.52. The van der Waals surface area contributed by atoms with Crippen molar-refractivity contribution >= 4 is 5.96 Å². The van der Waals surface area contributed by atoms with Gasteiger partial charge in [-0.2, -0.15) is 13.2 Å². The summed E-state index contributed by atoms with van der Waals surface area (Å²) >= 11 is 0. The fourth-order valence-electron chi connectivity index (χ4n) is 2.72. The predicted octanol–water partition coefficient (Wildman–Crippen LogP) is 2.97. The summed E-state index contributed by atoms with van der Waals surface area (Å²) in [5.74, 6) is 0.905. The molecule has 114 valence electrons. The van der Waals surface area contributed by atoms with Gasteiger partial charge in [0.15, 0.2) is 5.96 Å². The minimum atomic E-state index is -4.27. The topological polar surface area (TPSA) is 41.6 Å². The number of hydrogen-bond acceptors (Lipinski definition) is 1. The largest absolute Gasteiger partial charge is 0.416 e. The minimum Gasteiger partial charge on any atom is -0.370 e. The third-order valence-corrected chi connectivity index (χ3v) is 4.32. The molecule has 2 fully saturated rings. The number of likely N-dealkylation sites (tertiary alicyclic amines) is 1. The number of alkyl halides is 3. The number of benzene rings is 1. The predicted molar refractivity (Wildman–Crippen MR) is 75.0 cm³/mol. The zero-order valence-corrected chi connectivity index (χ0v) is 11.6. The number of halogens is 3. The standard InChI is InChI=1S/C15H18F3N3/c16-15(17,18)12-4-2-10(3-5-12)11-8-13(9-11)20-14(19)21-6-1-7-21/h2-5,11,13H,1,6-9H2,(H2,19,20). The van der Waals surface area contributed by atoms with Crippen molar-refractivity contribution in [2.75, 3.05) is 13.1 Å². The van der Waals surface area contributed by atoms with Gasteiger partial charge in [0.2, 0.25) is 0 Å². The molecule has 0 spiro atoms. The van der Waals surface area contributed by atoms with Gasteiger partial charge in [-0.05, 0) is 42.9 Å². The molecule has 1 saturated heterocycles. The summed E-state index contributed by atoms with van der Waals surface area (Å²) in [6, 6.07) is 5.66. The number of nitrogens with zero attached hydrogens (tertiary/aromatic N) is 2. The van der Waals surface area contributed by atoms with Gasteiger partial charge < -0.3 is 10.6 Å². The van der Waals surface area contributed by atoms with E-state index in [9.17, 15) is 13.2 Å². The molecule has 1 aromatic rings. The van der Waals surface area contributed by atoms with Crippen LogP contribution in [0.2, 0.25) is 0 Å². The van der Waals surface area contributed by atoms with Crippen LogP contribution in [0.4, 0.5) is 13.2 Å². The van der Waals surface area contributed by atoms with E-state index in [2.05, 4.69) is 4.99 Å². The van der Waals surface area contributed by atoms with Gasteiger partial charge in [-0.15, -0.1) is 0 Å². The smallest absolute Gasteiger partial charge is 0.370 e. The first kappa shape index (κ1) is 14.2. The minimum absolute atomic E-state index is 0.206. The first-order valence-electron chi connectivity index (χ1n) is 7.19. The van der Waals surface area contributed by atoms with Crippen molar-refractivity contribution in [1.82, 2.24) is 4.90 Å². The summed E-state index contributed by atoms with van der Waals surface area (Å²) in [5.41, 5.74) is 6.25. The van der Waals surface area contributed by atoms with Gasteiger partial charge in [-0.1, -0.05) is 12.1 Å². The van der Waals surface area contributed by atoms with Crippen LogP contribution in [0.15, 0.2) is 29.3 Å². The Balaban J connectivity index is 1.56. The van der Waals surface area contributed by atoms with Gasteiger partial charge in [0.1, 0.15) is 0 Å². The second-order valence-corrected chi connectivity index (χ2v) is 5.77. The van der Waals surface area contributed by atoms with Crippen molar-refractivity contribution in [2.24, 2.45) is 10.7 Å². The molecule has 1 aromatic carbocycles. The lowest BCUT2D eigenvalue weighted by Gasteiger charge is -2.36. The van der Waals surface area contributed by atoms with E-state index in [0.29, 0.717) is 11.9 Å². The maximum absolute atomic E-state index is 12.5. The molecule has 3 rings (SSSR count). The molecule has 3 nitrogen and oxygen atoms in total. The third-order valence-electron chi connectivity index (χ3n) is 4.32. The van der Waals surface area contributed by atoms with Gasteiger partial charge in [-0.25, -0.2) is 4.99 Å². The number of guanidine groups is 1. The van der Waals surface area contributed by atoms with Crippen LogP contribution in [0.5, 0.6) is 0 Å². The van der Waals surface area contributed by atoms with Crippen molar-refractivity contribution in [3.8, 4) is 0 Å². The van der Waals surface area contributed by atoms with Crippen LogP contribution in [-0.4, -0.2) is 30.0 Å². The Morgan fingerprint density at radius 2 is 1.76 bits per heavy atom. The lowest BCUT2D eigenvalue weighted by molar-refractivity contribution is -0.137. The summed E-state index contributed by atoms with van der Waals surface area (Å²) in [6.07, 6.45) is -1.38. The molecule has 6 heteroatoms. The van der Waals surface area contributed by atoms with Gasteiger partial charge in [-0.3, -0.25) is 0 Å². The third kappa shape index (κ3) is 2.99. The Morgan fingerprint density at radius 3 is 2.24 bits per heavy atom. The molecular formula is C15H18F3N3. The maximum Gasteiger partial charge on any atom is 0.416 e. The Morgan fingerprint density at radius 1 is 1.14 bits per heavy atom. The van der Waals surface area contributed by atoms with Crippen molar-refractivity contribution in [3.63, 3.8) is 0 Å². The van der Waals surface area contributed by atoms with Crippen molar-refractivity contribution in [1.29, 1.82) is 0 Å². The summed E-state index contributed by atoms with van der Waals surface area (Å²) in [7, 11) is 0. The number of hydrogen-bond donors (Lipinski definition) is 1. The summed E-state index contributed by atoms with van der Waals surface area (Å²) in [5, 5.41) is 0. The summed E-state index contributed by atoms with van der Waals surface area (Å²) < 4.78 is 37.5. The highest BCUT2D eigenvalue weighted by molar-refractivity contribution is 5.79. The van der Waals surface area contributed by atoms with Crippen molar-refractivity contribution in [2.45, 2.75) is 37.4 Å². The molecule has 2 aliphatic rings. The highest BCUT2D eigenvalue weighted by atomic mass is 19.4. The molecule has 0 bridgehead atoms. The monoisotopic (exact) mass is 297 g/mol. The van der Waals surface area contributed by atoms with E-state index in [4.69, 9.17) is 5.73 Å². The molecule has 0 radical (unpaired) electrons. The number of rotatable bonds is 2. The average Bonchev–Trinajstić information content (AvgIpc) is 2.30. The van der Waals surface area contributed by atoms with E-state index >= 15 is 0 Å². The highest BCUT2D eigenvalue weighted by Gasteiger charge is 2.33. The van der Waals surface area contributed by atoms with E-state index in [-0.39, 0.29) is 6.04 Å². The van der Waals surface area contributed by atoms with E-state index in [1.54, 1.807) is 12.1 Å².